The lowest BCUT2D eigenvalue weighted by atomic mass is 10.2. The van der Waals surface area contributed by atoms with Crippen LogP contribution in [0.3, 0.4) is 0 Å². The number of aryl methyl sites for hydroxylation is 1. The average Bonchev–Trinajstić information content (AvgIpc) is 2.76. The largest absolute Gasteiger partial charge is 0.338 e. The molecule has 2 aromatic rings. The van der Waals surface area contributed by atoms with Gasteiger partial charge in [0, 0.05) is 18.1 Å². The van der Waals surface area contributed by atoms with Crippen LogP contribution in [0.1, 0.15) is 10.4 Å². The van der Waals surface area contributed by atoms with Gasteiger partial charge in [-0.3, -0.25) is 4.98 Å². The van der Waals surface area contributed by atoms with Crippen LogP contribution in [-0.2, 0) is 0 Å². The van der Waals surface area contributed by atoms with E-state index in [0.29, 0.717) is 5.84 Å². The maximum absolute atomic E-state index is 8.72. The summed E-state index contributed by atoms with van der Waals surface area (Å²) in [4.78, 5) is 8.74. The van der Waals surface area contributed by atoms with Crippen LogP contribution < -0.4 is 5.32 Å². The Kier molecular flexibility index (Phi) is 3.48. The lowest BCUT2D eigenvalue weighted by molar-refractivity contribution is 1.33. The predicted octanol–water partition coefficient (Wildman–Crippen LogP) is 2.79. The van der Waals surface area contributed by atoms with E-state index in [1.54, 1.807) is 23.7 Å². The van der Waals surface area contributed by atoms with Gasteiger partial charge in [0.05, 0.1) is 4.88 Å². The zero-order valence-corrected chi connectivity index (χ0v) is 10.0. The van der Waals surface area contributed by atoms with E-state index in [9.17, 15) is 0 Å². The van der Waals surface area contributed by atoms with E-state index < -0.39 is 0 Å². The summed E-state index contributed by atoms with van der Waals surface area (Å²) in [5.74, 6) is 0.575. The molecule has 2 rings (SSSR count). The highest BCUT2D eigenvalue weighted by Crippen LogP contribution is 2.18. The third-order valence-corrected chi connectivity index (χ3v) is 3.21. The van der Waals surface area contributed by atoms with E-state index in [1.807, 2.05) is 36.7 Å². The first kappa shape index (κ1) is 11.3. The Balaban J connectivity index is 2.30. The van der Waals surface area contributed by atoms with Crippen LogP contribution in [0, 0.1) is 18.4 Å². The van der Waals surface area contributed by atoms with Crippen LogP contribution in [0.25, 0.3) is 0 Å². The molecule has 0 saturated heterocycles. The lowest BCUT2D eigenvalue weighted by Crippen LogP contribution is -2.12. The van der Waals surface area contributed by atoms with Gasteiger partial charge >= 0.3 is 0 Å². The van der Waals surface area contributed by atoms with Gasteiger partial charge in [-0.05, 0) is 36.1 Å². The molecule has 0 aliphatic carbocycles. The Morgan fingerprint density at radius 3 is 2.76 bits per heavy atom. The normalized spacial score (nSPS) is 10.9. The van der Waals surface area contributed by atoms with Crippen LogP contribution in [0.2, 0.25) is 0 Å². The summed E-state index contributed by atoms with van der Waals surface area (Å²) in [5, 5.41) is 13.8. The molecule has 2 aromatic heterocycles. The molecule has 5 heteroatoms. The molecule has 0 bridgehead atoms. The highest BCUT2D eigenvalue weighted by atomic mass is 32.1. The van der Waals surface area contributed by atoms with Gasteiger partial charge in [0.2, 0.25) is 6.19 Å². The molecule has 0 aromatic carbocycles. The smallest absolute Gasteiger partial charge is 0.207 e. The van der Waals surface area contributed by atoms with Crippen LogP contribution in [0.5, 0.6) is 0 Å². The summed E-state index contributed by atoms with van der Waals surface area (Å²) < 4.78 is 0. The van der Waals surface area contributed by atoms with Gasteiger partial charge in [0.15, 0.2) is 5.84 Å². The molecule has 0 atom stereocenters. The molecular weight excluding hydrogens is 232 g/mol. The SMILES string of the molecule is Cc1ccsc1C(=NC#N)Nc1ccncc1. The van der Waals surface area contributed by atoms with Crippen molar-refractivity contribution in [2.45, 2.75) is 6.92 Å². The van der Waals surface area contributed by atoms with Crippen molar-refractivity contribution < 1.29 is 0 Å². The Labute approximate surface area is 103 Å². The number of anilines is 1. The number of nitriles is 1. The van der Waals surface area contributed by atoms with Crippen molar-refractivity contribution in [2.24, 2.45) is 4.99 Å². The Morgan fingerprint density at radius 1 is 1.41 bits per heavy atom. The van der Waals surface area contributed by atoms with Gasteiger partial charge < -0.3 is 5.32 Å². The van der Waals surface area contributed by atoms with Gasteiger partial charge in [-0.1, -0.05) is 0 Å². The summed E-state index contributed by atoms with van der Waals surface area (Å²) in [6, 6.07) is 5.66. The van der Waals surface area contributed by atoms with Crippen LogP contribution in [0.4, 0.5) is 5.69 Å². The van der Waals surface area contributed by atoms with Crippen molar-refractivity contribution in [2.75, 3.05) is 5.32 Å². The molecule has 0 aliphatic heterocycles. The van der Waals surface area contributed by atoms with Crippen molar-refractivity contribution in [3.05, 3.63) is 46.4 Å². The summed E-state index contributed by atoms with van der Waals surface area (Å²) in [5.41, 5.74) is 1.97. The molecular formula is C12H10N4S. The fourth-order valence-corrected chi connectivity index (χ4v) is 2.24. The molecule has 2 heterocycles. The molecule has 0 spiro atoms. The molecule has 84 valence electrons. The first-order valence-electron chi connectivity index (χ1n) is 4.99. The number of hydrogen-bond donors (Lipinski definition) is 1. The van der Waals surface area contributed by atoms with Crippen LogP contribution >= 0.6 is 11.3 Å². The minimum atomic E-state index is 0.575. The molecule has 1 N–H and O–H groups in total. The minimum absolute atomic E-state index is 0.575. The van der Waals surface area contributed by atoms with Crippen LogP contribution in [0.15, 0.2) is 41.0 Å². The predicted molar refractivity (Wildman–Crippen MR) is 69.1 cm³/mol. The first-order valence-corrected chi connectivity index (χ1v) is 5.87. The first-order chi connectivity index (χ1) is 8.31. The number of nitrogens with one attached hydrogen (secondary N) is 1. The molecule has 0 unspecified atom stereocenters. The number of pyridine rings is 1. The standard InChI is InChI=1S/C12H10N4S/c1-9-4-7-17-11(9)12(15-8-13)16-10-2-5-14-6-3-10/h2-7H,1H3,(H,14,15,16). The van der Waals surface area contributed by atoms with Gasteiger partial charge in [0.25, 0.3) is 0 Å². The maximum atomic E-state index is 8.72. The van der Waals surface area contributed by atoms with E-state index in [0.717, 1.165) is 16.1 Å². The zero-order valence-electron chi connectivity index (χ0n) is 9.21. The topological polar surface area (TPSA) is 61.1 Å². The van der Waals surface area contributed by atoms with Gasteiger partial charge in [-0.15, -0.1) is 11.3 Å². The summed E-state index contributed by atoms with van der Waals surface area (Å²) in [6.07, 6.45) is 5.20. The summed E-state index contributed by atoms with van der Waals surface area (Å²) >= 11 is 1.56. The Hall–Kier alpha value is -2.19. The Bertz CT molecular complexity index is 566. The van der Waals surface area contributed by atoms with Crippen molar-refractivity contribution in [1.82, 2.24) is 4.98 Å². The lowest BCUT2D eigenvalue weighted by Gasteiger charge is -2.07. The summed E-state index contributed by atoms with van der Waals surface area (Å²) in [7, 11) is 0. The number of aliphatic imine (C=N–C) groups is 1. The van der Waals surface area contributed by atoms with Crippen molar-refractivity contribution in [3.63, 3.8) is 0 Å². The van der Waals surface area contributed by atoms with E-state index in [4.69, 9.17) is 5.26 Å². The van der Waals surface area contributed by atoms with Crippen LogP contribution in [-0.4, -0.2) is 10.8 Å². The third-order valence-electron chi connectivity index (χ3n) is 2.18. The van der Waals surface area contributed by atoms with Gasteiger partial charge in [-0.2, -0.15) is 10.3 Å². The second kappa shape index (κ2) is 5.23. The monoisotopic (exact) mass is 242 g/mol. The van der Waals surface area contributed by atoms with Gasteiger partial charge in [0.1, 0.15) is 0 Å². The number of rotatable bonds is 2. The Morgan fingerprint density at radius 2 is 2.18 bits per heavy atom. The molecule has 0 radical (unpaired) electrons. The number of hydrogen-bond acceptors (Lipinski definition) is 4. The fourth-order valence-electron chi connectivity index (χ4n) is 1.37. The summed E-state index contributed by atoms with van der Waals surface area (Å²) in [6.45, 7) is 1.99. The number of nitrogens with zero attached hydrogens (tertiary/aromatic N) is 3. The highest BCUT2D eigenvalue weighted by molar-refractivity contribution is 7.12. The number of amidine groups is 1. The number of thiophene rings is 1. The molecule has 4 nitrogen and oxygen atoms in total. The number of aromatic nitrogens is 1. The highest BCUT2D eigenvalue weighted by Gasteiger charge is 2.08. The van der Waals surface area contributed by atoms with E-state index >= 15 is 0 Å². The molecule has 17 heavy (non-hydrogen) atoms. The van der Waals surface area contributed by atoms with Gasteiger partial charge in [-0.25, -0.2) is 0 Å². The molecule has 0 aliphatic rings. The molecule has 0 fully saturated rings. The second-order valence-corrected chi connectivity index (χ2v) is 4.27. The van der Waals surface area contributed by atoms with Crippen molar-refractivity contribution >= 4 is 22.9 Å². The average molecular weight is 242 g/mol. The second-order valence-electron chi connectivity index (χ2n) is 3.35. The molecule has 0 saturated carbocycles. The third kappa shape index (κ3) is 2.68. The zero-order chi connectivity index (χ0) is 12.1. The van der Waals surface area contributed by atoms with E-state index in [2.05, 4.69) is 15.3 Å². The van der Waals surface area contributed by atoms with Crippen molar-refractivity contribution in [3.8, 4) is 6.19 Å². The van der Waals surface area contributed by atoms with E-state index in [-0.39, 0.29) is 0 Å². The minimum Gasteiger partial charge on any atom is -0.338 e. The van der Waals surface area contributed by atoms with Crippen molar-refractivity contribution in [1.29, 1.82) is 5.26 Å². The quantitative estimate of drug-likeness (QED) is 0.500. The fraction of sp³-hybridized carbons (Fsp3) is 0.0833. The molecule has 0 amide bonds. The van der Waals surface area contributed by atoms with E-state index in [1.165, 1.54) is 0 Å². The maximum Gasteiger partial charge on any atom is 0.207 e.